The fourth-order valence-corrected chi connectivity index (χ4v) is 3.59. The molecule has 0 aliphatic carbocycles. The monoisotopic (exact) mass is 274 g/mol. The van der Waals surface area contributed by atoms with Crippen LogP contribution in [0, 0.1) is 0 Å². The largest absolute Gasteiger partial charge is 0.479 e. The van der Waals surface area contributed by atoms with Gasteiger partial charge in [0.25, 0.3) is 0 Å². The van der Waals surface area contributed by atoms with Gasteiger partial charge < -0.3 is 10.0 Å². The number of thiazole rings is 1. The van der Waals surface area contributed by atoms with Crippen LogP contribution in [0.25, 0.3) is 0 Å². The molecule has 1 fully saturated rings. The molecule has 1 unspecified atom stereocenters. The van der Waals surface area contributed by atoms with Crippen LogP contribution in [0.15, 0.2) is 5.38 Å². The van der Waals surface area contributed by atoms with Crippen molar-refractivity contribution in [3.8, 4) is 0 Å². The van der Waals surface area contributed by atoms with Gasteiger partial charge in [0, 0.05) is 11.9 Å². The summed E-state index contributed by atoms with van der Waals surface area (Å²) < 4.78 is 0. The minimum Gasteiger partial charge on any atom is -0.479 e. The Bertz CT molecular complexity index is 423. The Balaban J connectivity index is 2.34. The quantitative estimate of drug-likeness (QED) is 0.917. The molecule has 6 heteroatoms. The smallest absolute Gasteiger partial charge is 0.329 e. The van der Waals surface area contributed by atoms with Crippen LogP contribution in [0.2, 0.25) is 5.15 Å². The van der Waals surface area contributed by atoms with Crippen LogP contribution in [0.1, 0.15) is 32.6 Å². The summed E-state index contributed by atoms with van der Waals surface area (Å²) in [7, 11) is 0. The Kier molecular flexibility index (Phi) is 3.58. The van der Waals surface area contributed by atoms with Crippen molar-refractivity contribution in [2.45, 2.75) is 38.1 Å². The summed E-state index contributed by atoms with van der Waals surface area (Å²) in [5, 5.41) is 12.4. The van der Waals surface area contributed by atoms with E-state index in [0.717, 1.165) is 24.5 Å². The lowest BCUT2D eigenvalue weighted by Gasteiger charge is -2.34. The topological polar surface area (TPSA) is 53.4 Å². The number of rotatable bonds is 4. The van der Waals surface area contributed by atoms with Gasteiger partial charge in [-0.1, -0.05) is 24.9 Å². The van der Waals surface area contributed by atoms with Gasteiger partial charge >= 0.3 is 5.97 Å². The second-order valence-corrected chi connectivity index (χ2v) is 5.52. The first kappa shape index (κ1) is 12.6. The Morgan fingerprint density at radius 2 is 2.53 bits per heavy atom. The van der Waals surface area contributed by atoms with Crippen LogP contribution < -0.4 is 4.90 Å². The number of carboxylic acids is 1. The standard InChI is InChI=1S/C11H15ClN2O2S/c1-2-4-11(9(15)16)5-3-6-14(11)10-13-8(12)7-17-10/h7H,2-6H2,1H3,(H,15,16). The lowest BCUT2D eigenvalue weighted by Crippen LogP contribution is -2.50. The maximum Gasteiger partial charge on any atom is 0.329 e. The van der Waals surface area contributed by atoms with E-state index >= 15 is 0 Å². The molecule has 2 rings (SSSR count). The van der Waals surface area contributed by atoms with Crippen molar-refractivity contribution in [3.63, 3.8) is 0 Å². The van der Waals surface area contributed by atoms with E-state index in [9.17, 15) is 9.90 Å². The van der Waals surface area contributed by atoms with Gasteiger partial charge in [0.1, 0.15) is 10.7 Å². The molecule has 4 nitrogen and oxygen atoms in total. The van der Waals surface area contributed by atoms with Crippen LogP contribution in [-0.4, -0.2) is 28.1 Å². The molecule has 1 aliphatic rings. The number of aromatic nitrogens is 1. The molecule has 0 amide bonds. The van der Waals surface area contributed by atoms with Crippen molar-refractivity contribution in [2.75, 3.05) is 11.4 Å². The summed E-state index contributed by atoms with van der Waals surface area (Å²) >= 11 is 7.23. The fraction of sp³-hybridized carbons (Fsp3) is 0.636. The molecule has 0 spiro atoms. The van der Waals surface area contributed by atoms with Crippen molar-refractivity contribution in [1.29, 1.82) is 0 Å². The van der Waals surface area contributed by atoms with Crippen LogP contribution >= 0.6 is 22.9 Å². The first-order valence-corrected chi connectivity index (χ1v) is 6.98. The highest BCUT2D eigenvalue weighted by atomic mass is 35.5. The van der Waals surface area contributed by atoms with Crippen molar-refractivity contribution in [2.24, 2.45) is 0 Å². The van der Waals surface area contributed by atoms with E-state index < -0.39 is 11.5 Å². The van der Waals surface area contributed by atoms with Gasteiger partial charge in [-0.2, -0.15) is 0 Å². The van der Waals surface area contributed by atoms with Crippen LogP contribution in [0.5, 0.6) is 0 Å². The number of aliphatic carboxylic acids is 1. The molecule has 0 bridgehead atoms. The van der Waals surface area contributed by atoms with E-state index in [2.05, 4.69) is 4.98 Å². The molecule has 1 atom stereocenters. The third kappa shape index (κ3) is 2.13. The van der Waals surface area contributed by atoms with Crippen LogP contribution in [0.4, 0.5) is 5.13 Å². The number of halogens is 1. The van der Waals surface area contributed by atoms with Gasteiger partial charge in [-0.25, -0.2) is 9.78 Å². The second kappa shape index (κ2) is 4.82. The van der Waals surface area contributed by atoms with E-state index in [1.165, 1.54) is 11.3 Å². The zero-order valence-electron chi connectivity index (χ0n) is 9.65. The normalized spacial score (nSPS) is 24.2. The van der Waals surface area contributed by atoms with Gasteiger partial charge in [-0.15, -0.1) is 11.3 Å². The molecule has 1 aromatic heterocycles. The van der Waals surface area contributed by atoms with E-state index in [0.29, 0.717) is 18.0 Å². The lowest BCUT2D eigenvalue weighted by atomic mass is 9.91. The second-order valence-electron chi connectivity index (χ2n) is 4.29. The molecule has 94 valence electrons. The van der Waals surface area contributed by atoms with Crippen molar-refractivity contribution < 1.29 is 9.90 Å². The Morgan fingerprint density at radius 1 is 1.76 bits per heavy atom. The van der Waals surface area contributed by atoms with Gasteiger partial charge in [0.2, 0.25) is 0 Å². The molecule has 1 aliphatic heterocycles. The zero-order chi connectivity index (χ0) is 12.5. The van der Waals surface area contributed by atoms with Crippen molar-refractivity contribution in [1.82, 2.24) is 4.98 Å². The average molecular weight is 275 g/mol. The highest BCUT2D eigenvalue weighted by Gasteiger charge is 2.47. The molecule has 1 N–H and O–H groups in total. The number of carbonyl (C=O) groups is 1. The molecule has 0 aromatic carbocycles. The summed E-state index contributed by atoms with van der Waals surface area (Å²) in [6.45, 7) is 2.76. The maximum absolute atomic E-state index is 11.6. The number of hydrogen-bond acceptors (Lipinski definition) is 4. The van der Waals surface area contributed by atoms with Crippen LogP contribution in [0.3, 0.4) is 0 Å². The number of hydrogen-bond donors (Lipinski definition) is 1. The average Bonchev–Trinajstić information content (AvgIpc) is 2.85. The van der Waals surface area contributed by atoms with Gasteiger partial charge in [0.05, 0.1) is 0 Å². The molecule has 0 saturated carbocycles. The fourth-order valence-electron chi connectivity index (χ4n) is 2.53. The minimum atomic E-state index is -0.782. The molecule has 1 saturated heterocycles. The van der Waals surface area contributed by atoms with E-state index in [1.807, 2.05) is 11.8 Å². The van der Waals surface area contributed by atoms with Crippen molar-refractivity contribution >= 4 is 34.0 Å². The minimum absolute atomic E-state index is 0.438. The van der Waals surface area contributed by atoms with Gasteiger partial charge in [-0.3, -0.25) is 0 Å². The molecule has 0 radical (unpaired) electrons. The summed E-state index contributed by atoms with van der Waals surface area (Å²) in [5.41, 5.74) is -0.782. The third-order valence-corrected chi connectivity index (χ3v) is 4.43. The summed E-state index contributed by atoms with van der Waals surface area (Å²) in [5.74, 6) is -0.747. The molecule has 1 aromatic rings. The summed E-state index contributed by atoms with van der Waals surface area (Å²) in [4.78, 5) is 17.7. The highest BCUT2D eigenvalue weighted by molar-refractivity contribution is 7.14. The maximum atomic E-state index is 11.6. The van der Waals surface area contributed by atoms with Gasteiger partial charge in [-0.05, 0) is 19.3 Å². The molecule has 2 heterocycles. The third-order valence-electron chi connectivity index (χ3n) is 3.25. The van der Waals surface area contributed by atoms with E-state index in [1.54, 1.807) is 5.38 Å². The molecule has 17 heavy (non-hydrogen) atoms. The highest BCUT2D eigenvalue weighted by Crippen LogP contribution is 2.39. The first-order valence-electron chi connectivity index (χ1n) is 5.72. The number of anilines is 1. The van der Waals surface area contributed by atoms with Crippen molar-refractivity contribution in [3.05, 3.63) is 10.5 Å². The predicted molar refractivity (Wildman–Crippen MR) is 69.0 cm³/mol. The van der Waals surface area contributed by atoms with E-state index in [-0.39, 0.29) is 0 Å². The first-order chi connectivity index (χ1) is 8.10. The number of nitrogens with zero attached hydrogens (tertiary/aromatic N) is 2. The molecular formula is C11H15ClN2O2S. The Hall–Kier alpha value is -0.810. The van der Waals surface area contributed by atoms with Crippen LogP contribution in [-0.2, 0) is 4.79 Å². The zero-order valence-corrected chi connectivity index (χ0v) is 11.2. The lowest BCUT2D eigenvalue weighted by molar-refractivity contribution is -0.143. The SMILES string of the molecule is CCCC1(C(=O)O)CCCN1c1nc(Cl)cs1. The Morgan fingerprint density at radius 3 is 3.06 bits per heavy atom. The molecular weight excluding hydrogens is 260 g/mol. The van der Waals surface area contributed by atoms with Gasteiger partial charge in [0.15, 0.2) is 5.13 Å². The summed E-state index contributed by atoms with van der Waals surface area (Å²) in [6.07, 6.45) is 3.08. The Labute approximate surface area is 109 Å². The van der Waals surface area contributed by atoms with E-state index in [4.69, 9.17) is 11.6 Å². The summed E-state index contributed by atoms with van der Waals surface area (Å²) in [6, 6.07) is 0. The number of carboxylic acid groups (broad SMARTS) is 1. The predicted octanol–water partition coefficient (Wildman–Crippen LogP) is 3.02.